The molecule has 6 nitrogen and oxygen atoms in total. The molecular weight excluding hydrogens is 176 g/mol. The van der Waals surface area contributed by atoms with Crippen LogP contribution in [-0.4, -0.2) is 33.9 Å². The van der Waals surface area contributed by atoms with Crippen molar-refractivity contribution in [2.45, 2.75) is 18.9 Å². The molecular formula is C7H8N2O4. The maximum absolute atomic E-state index is 11.0. The van der Waals surface area contributed by atoms with E-state index < -0.39 is 12.1 Å². The molecule has 2 aliphatic rings. The highest BCUT2D eigenvalue weighted by atomic mass is 16.6. The van der Waals surface area contributed by atoms with Gasteiger partial charge in [-0.3, -0.25) is 0 Å². The molecule has 1 saturated heterocycles. The number of cyclic esters (lactones) is 1. The largest absolute Gasteiger partial charge is 0.450 e. The molecule has 1 atom stereocenters. The Morgan fingerprint density at radius 1 is 1.31 bits per heavy atom. The van der Waals surface area contributed by atoms with Gasteiger partial charge in [-0.2, -0.15) is 0 Å². The van der Waals surface area contributed by atoms with Gasteiger partial charge in [0.05, 0.1) is 0 Å². The smallest absolute Gasteiger partial charge is 0.363 e. The van der Waals surface area contributed by atoms with Gasteiger partial charge in [0.15, 0.2) is 11.8 Å². The zero-order valence-corrected chi connectivity index (χ0v) is 6.67. The molecule has 13 heavy (non-hydrogen) atoms. The van der Waals surface area contributed by atoms with Crippen molar-refractivity contribution < 1.29 is 19.9 Å². The van der Waals surface area contributed by atoms with Gasteiger partial charge in [0.2, 0.25) is 5.71 Å². The second-order valence-corrected chi connectivity index (χ2v) is 3.10. The van der Waals surface area contributed by atoms with Gasteiger partial charge in [-0.05, 0) is 12.8 Å². The summed E-state index contributed by atoms with van der Waals surface area (Å²) in [6.07, 6.45) is 1.36. The summed E-state index contributed by atoms with van der Waals surface area (Å²) < 4.78 is 4.87. The first-order valence-corrected chi connectivity index (χ1v) is 3.93. The fourth-order valence-electron chi connectivity index (χ4n) is 1.38. The fraction of sp³-hybridized carbons (Fsp3) is 0.571. The predicted octanol–water partition coefficient (Wildman–Crippen LogP) is -0.0178. The van der Waals surface area contributed by atoms with Gasteiger partial charge in [-0.1, -0.05) is 10.3 Å². The highest BCUT2D eigenvalue weighted by Crippen LogP contribution is 2.37. The van der Waals surface area contributed by atoms with Crippen LogP contribution in [0.3, 0.4) is 0 Å². The second-order valence-electron chi connectivity index (χ2n) is 3.10. The van der Waals surface area contributed by atoms with E-state index in [1.54, 1.807) is 0 Å². The Bertz CT molecular complexity index is 306. The molecule has 1 heterocycles. The first-order chi connectivity index (χ1) is 6.27. The maximum Gasteiger partial charge on any atom is 0.363 e. The van der Waals surface area contributed by atoms with Crippen LogP contribution in [0.15, 0.2) is 10.3 Å². The van der Waals surface area contributed by atoms with Crippen molar-refractivity contribution >= 4 is 17.4 Å². The molecule has 70 valence electrons. The average Bonchev–Trinajstić information content (AvgIpc) is 2.90. The molecule has 1 saturated carbocycles. The van der Waals surface area contributed by atoms with E-state index in [1.807, 2.05) is 0 Å². The van der Waals surface area contributed by atoms with Crippen LogP contribution in [0.2, 0.25) is 0 Å². The van der Waals surface area contributed by atoms with Crippen molar-refractivity contribution in [3.8, 4) is 0 Å². The van der Waals surface area contributed by atoms with Gasteiger partial charge >= 0.3 is 5.97 Å². The molecule has 2 fully saturated rings. The summed E-state index contributed by atoms with van der Waals surface area (Å²) >= 11 is 0. The van der Waals surface area contributed by atoms with Gasteiger partial charge < -0.3 is 15.2 Å². The number of esters is 1. The number of hydrogen-bond donors (Lipinski definition) is 2. The van der Waals surface area contributed by atoms with E-state index in [-0.39, 0.29) is 17.3 Å². The Morgan fingerprint density at radius 2 is 2.00 bits per heavy atom. The topological polar surface area (TPSA) is 91.5 Å². The quantitative estimate of drug-likeness (QED) is 0.340. The predicted molar refractivity (Wildman–Crippen MR) is 41.0 cm³/mol. The first kappa shape index (κ1) is 8.03. The van der Waals surface area contributed by atoms with E-state index in [0.29, 0.717) is 0 Å². The highest BCUT2D eigenvalue weighted by molar-refractivity contribution is 6.69. The molecule has 0 aromatic carbocycles. The van der Waals surface area contributed by atoms with Crippen molar-refractivity contribution in [1.82, 2.24) is 0 Å². The minimum absolute atomic E-state index is 0.0370. The fourth-order valence-corrected chi connectivity index (χ4v) is 1.38. The monoisotopic (exact) mass is 184 g/mol. The van der Waals surface area contributed by atoms with E-state index in [9.17, 15) is 4.79 Å². The Labute approximate surface area is 73.5 Å². The van der Waals surface area contributed by atoms with Gasteiger partial charge in [0.1, 0.15) is 0 Å². The van der Waals surface area contributed by atoms with Gasteiger partial charge in [-0.25, -0.2) is 4.79 Å². The third-order valence-electron chi connectivity index (χ3n) is 2.20. The number of oxime groups is 2. The summed E-state index contributed by atoms with van der Waals surface area (Å²) in [5.74, 6) is -0.513. The van der Waals surface area contributed by atoms with Crippen LogP contribution in [0, 0.1) is 5.92 Å². The van der Waals surface area contributed by atoms with Crippen molar-refractivity contribution in [3.05, 3.63) is 0 Å². The third-order valence-corrected chi connectivity index (χ3v) is 2.20. The molecule has 1 aliphatic carbocycles. The van der Waals surface area contributed by atoms with Gasteiger partial charge in [0, 0.05) is 5.92 Å². The minimum atomic E-state index is -0.729. The number of rotatable bonds is 1. The summed E-state index contributed by atoms with van der Waals surface area (Å²) in [5.41, 5.74) is -0.255. The van der Waals surface area contributed by atoms with Crippen LogP contribution >= 0.6 is 0 Å². The Hall–Kier alpha value is -1.59. The van der Waals surface area contributed by atoms with Crippen molar-refractivity contribution in [2.24, 2.45) is 16.2 Å². The van der Waals surface area contributed by atoms with Crippen molar-refractivity contribution in [3.63, 3.8) is 0 Å². The Morgan fingerprint density at radius 3 is 2.46 bits per heavy atom. The average molecular weight is 184 g/mol. The summed E-state index contributed by atoms with van der Waals surface area (Å²) in [6.45, 7) is 0. The molecule has 0 spiro atoms. The molecule has 2 rings (SSSR count). The summed E-state index contributed by atoms with van der Waals surface area (Å²) in [5, 5.41) is 22.7. The summed E-state index contributed by atoms with van der Waals surface area (Å²) in [7, 11) is 0. The number of carbonyl (C=O) groups excluding carboxylic acids is 1. The maximum atomic E-state index is 11.0. The molecule has 0 aromatic rings. The number of nitrogens with zero attached hydrogens (tertiary/aromatic N) is 2. The third kappa shape index (κ3) is 1.14. The van der Waals surface area contributed by atoms with E-state index in [2.05, 4.69) is 10.3 Å². The highest BCUT2D eigenvalue weighted by Gasteiger charge is 2.47. The van der Waals surface area contributed by atoms with Crippen LogP contribution in [0.25, 0.3) is 0 Å². The second kappa shape index (κ2) is 2.72. The SMILES string of the molecule is O=C1OC(C2CC2)C(=N/O)/C1=N/O. The van der Waals surface area contributed by atoms with Crippen LogP contribution in [0.5, 0.6) is 0 Å². The first-order valence-electron chi connectivity index (χ1n) is 3.93. The lowest BCUT2D eigenvalue weighted by Crippen LogP contribution is -2.22. The Balaban J connectivity index is 2.29. The minimum Gasteiger partial charge on any atom is -0.450 e. The lowest BCUT2D eigenvalue weighted by atomic mass is 10.1. The lowest BCUT2D eigenvalue weighted by molar-refractivity contribution is -0.136. The zero-order chi connectivity index (χ0) is 9.42. The molecule has 0 aromatic heterocycles. The summed E-state index contributed by atoms with van der Waals surface area (Å²) in [6, 6.07) is 0. The van der Waals surface area contributed by atoms with E-state index in [4.69, 9.17) is 15.2 Å². The molecule has 2 N–H and O–H groups in total. The lowest BCUT2D eigenvalue weighted by Gasteiger charge is -2.04. The molecule has 1 unspecified atom stereocenters. The standard InChI is InChI=1S/C7H8N2O4/c10-7-5(9-12)4(8-11)6(13-7)3-1-2-3/h3,6,11-12H,1-2H2/b8-4+,9-5-. The molecule has 0 amide bonds. The van der Waals surface area contributed by atoms with Gasteiger partial charge in [0.25, 0.3) is 0 Å². The van der Waals surface area contributed by atoms with Crippen molar-refractivity contribution in [2.75, 3.05) is 0 Å². The van der Waals surface area contributed by atoms with Crippen LogP contribution in [0.4, 0.5) is 0 Å². The molecule has 0 bridgehead atoms. The molecule has 6 heteroatoms. The summed E-state index contributed by atoms with van der Waals surface area (Å²) in [4.78, 5) is 11.0. The molecule has 0 radical (unpaired) electrons. The van der Waals surface area contributed by atoms with Crippen LogP contribution in [-0.2, 0) is 9.53 Å². The van der Waals surface area contributed by atoms with Gasteiger partial charge in [-0.15, -0.1) is 0 Å². The van der Waals surface area contributed by atoms with Crippen LogP contribution in [0.1, 0.15) is 12.8 Å². The number of carbonyl (C=O) groups is 1. The number of hydrogen-bond acceptors (Lipinski definition) is 6. The zero-order valence-electron chi connectivity index (χ0n) is 6.67. The van der Waals surface area contributed by atoms with E-state index in [1.165, 1.54) is 0 Å². The molecule has 1 aliphatic heterocycles. The Kier molecular flexibility index (Phi) is 1.68. The van der Waals surface area contributed by atoms with Crippen LogP contribution < -0.4 is 0 Å². The van der Waals surface area contributed by atoms with E-state index in [0.717, 1.165) is 12.8 Å². The van der Waals surface area contributed by atoms with Crippen molar-refractivity contribution in [1.29, 1.82) is 0 Å². The number of ether oxygens (including phenoxy) is 1. The normalized spacial score (nSPS) is 34.2. The van der Waals surface area contributed by atoms with E-state index >= 15 is 0 Å².